The number of hydrogen-bond acceptors (Lipinski definition) is 2. The van der Waals surface area contributed by atoms with E-state index < -0.39 is 0 Å². The highest BCUT2D eigenvalue weighted by Gasteiger charge is 2.60. The van der Waals surface area contributed by atoms with E-state index in [4.69, 9.17) is 0 Å². The van der Waals surface area contributed by atoms with E-state index in [1.54, 1.807) is 0 Å². The Labute approximate surface area is 125 Å². The van der Waals surface area contributed by atoms with Crippen molar-refractivity contribution in [3.8, 4) is 0 Å². The first kappa shape index (κ1) is 13.0. The minimum Gasteiger partial charge on any atom is -0.294 e. The van der Waals surface area contributed by atoms with Gasteiger partial charge in [0.15, 0.2) is 11.6 Å². The molecule has 2 heteroatoms. The Morgan fingerprint density at radius 3 is 2.81 bits per heavy atom. The van der Waals surface area contributed by atoms with Crippen LogP contribution in [-0.2, 0) is 6.42 Å². The molecule has 2 nitrogen and oxygen atoms in total. The van der Waals surface area contributed by atoms with E-state index in [0.717, 1.165) is 30.4 Å². The van der Waals surface area contributed by atoms with Crippen LogP contribution >= 0.6 is 0 Å². The molecule has 0 aromatic heterocycles. The third-order valence-corrected chi connectivity index (χ3v) is 5.70. The van der Waals surface area contributed by atoms with E-state index in [-0.39, 0.29) is 34.7 Å². The van der Waals surface area contributed by atoms with Crippen LogP contribution < -0.4 is 0 Å². The molecule has 1 aromatic carbocycles. The minimum atomic E-state index is -0.135. The van der Waals surface area contributed by atoms with Gasteiger partial charge in [0, 0.05) is 23.0 Å². The summed E-state index contributed by atoms with van der Waals surface area (Å²) in [6, 6.07) is 5.79. The van der Waals surface area contributed by atoms with Crippen molar-refractivity contribution in [1.82, 2.24) is 0 Å². The molecule has 0 aliphatic heterocycles. The summed E-state index contributed by atoms with van der Waals surface area (Å²) in [6.45, 7) is 4.25. The maximum atomic E-state index is 13.1. The lowest BCUT2D eigenvalue weighted by Gasteiger charge is -2.36. The SMILES string of the molecule is CCCc1cccc2c1C(=O)C1C3C=CC(C)(C3)C1C2=O. The van der Waals surface area contributed by atoms with Gasteiger partial charge in [-0.1, -0.05) is 50.6 Å². The topological polar surface area (TPSA) is 34.1 Å². The Balaban J connectivity index is 1.91. The summed E-state index contributed by atoms with van der Waals surface area (Å²) in [7, 11) is 0. The molecule has 1 fully saturated rings. The molecule has 0 radical (unpaired) electrons. The van der Waals surface area contributed by atoms with Gasteiger partial charge in [0.2, 0.25) is 0 Å². The first-order valence-corrected chi connectivity index (χ1v) is 7.96. The van der Waals surface area contributed by atoms with E-state index >= 15 is 0 Å². The molecule has 3 aliphatic carbocycles. The number of benzene rings is 1. The fourth-order valence-electron chi connectivity index (χ4n) is 4.84. The quantitative estimate of drug-likeness (QED) is 0.771. The largest absolute Gasteiger partial charge is 0.294 e. The van der Waals surface area contributed by atoms with Gasteiger partial charge in [-0.15, -0.1) is 0 Å². The summed E-state index contributed by atoms with van der Waals surface area (Å²) in [5.41, 5.74) is 2.36. The molecule has 1 saturated carbocycles. The highest BCUT2D eigenvalue weighted by atomic mass is 16.1. The zero-order valence-electron chi connectivity index (χ0n) is 12.6. The lowest BCUT2D eigenvalue weighted by molar-refractivity contribution is 0.0675. The lowest BCUT2D eigenvalue weighted by Crippen LogP contribution is -2.42. The molecule has 0 saturated heterocycles. The number of carbonyl (C=O) groups excluding carboxylic acids is 2. The Hall–Kier alpha value is -1.70. The minimum absolute atomic E-state index is 0.111. The van der Waals surface area contributed by atoms with Crippen LogP contribution in [0, 0.1) is 23.2 Å². The fraction of sp³-hybridized carbons (Fsp3) is 0.474. The normalized spacial score (nSPS) is 36.0. The number of rotatable bonds is 2. The molecular formula is C19H20O2. The van der Waals surface area contributed by atoms with Crippen LogP contribution in [0.4, 0.5) is 0 Å². The van der Waals surface area contributed by atoms with E-state index in [1.165, 1.54) is 0 Å². The molecule has 3 aliphatic rings. The van der Waals surface area contributed by atoms with Gasteiger partial charge in [0.05, 0.1) is 0 Å². The number of fused-ring (bicyclic) bond motifs is 6. The number of aryl methyl sites for hydroxylation is 1. The highest BCUT2D eigenvalue weighted by Crippen LogP contribution is 2.59. The van der Waals surface area contributed by atoms with Gasteiger partial charge in [-0.25, -0.2) is 0 Å². The van der Waals surface area contributed by atoms with Crippen molar-refractivity contribution in [3.05, 3.63) is 47.0 Å². The second-order valence-corrected chi connectivity index (χ2v) is 7.05. The fourth-order valence-corrected chi connectivity index (χ4v) is 4.84. The molecule has 0 spiro atoms. The molecule has 0 heterocycles. The second-order valence-electron chi connectivity index (χ2n) is 7.05. The van der Waals surface area contributed by atoms with Crippen LogP contribution in [0.3, 0.4) is 0 Å². The molecule has 2 bridgehead atoms. The predicted octanol–water partition coefficient (Wildman–Crippen LogP) is 3.85. The van der Waals surface area contributed by atoms with Crippen molar-refractivity contribution in [2.45, 2.75) is 33.1 Å². The molecule has 4 rings (SSSR count). The monoisotopic (exact) mass is 280 g/mol. The average molecular weight is 280 g/mol. The van der Waals surface area contributed by atoms with Crippen molar-refractivity contribution in [2.24, 2.45) is 23.2 Å². The first-order valence-electron chi connectivity index (χ1n) is 7.96. The van der Waals surface area contributed by atoms with Crippen molar-refractivity contribution >= 4 is 11.6 Å². The second kappa shape index (κ2) is 4.16. The first-order chi connectivity index (χ1) is 10.1. The van der Waals surface area contributed by atoms with Crippen molar-refractivity contribution < 1.29 is 9.59 Å². The summed E-state index contributed by atoms with van der Waals surface area (Å²) in [6.07, 6.45) is 7.16. The van der Waals surface area contributed by atoms with Gasteiger partial charge >= 0.3 is 0 Å². The van der Waals surface area contributed by atoms with E-state index in [1.807, 2.05) is 18.2 Å². The zero-order valence-corrected chi connectivity index (χ0v) is 12.6. The van der Waals surface area contributed by atoms with E-state index in [0.29, 0.717) is 5.56 Å². The Kier molecular flexibility index (Phi) is 2.57. The summed E-state index contributed by atoms with van der Waals surface area (Å²) in [4.78, 5) is 26.1. The molecule has 21 heavy (non-hydrogen) atoms. The Bertz CT molecular complexity index is 685. The summed E-state index contributed by atoms with van der Waals surface area (Å²) >= 11 is 0. The number of allylic oxidation sites excluding steroid dienone is 2. The summed E-state index contributed by atoms with van der Waals surface area (Å²) < 4.78 is 0. The van der Waals surface area contributed by atoms with Gasteiger partial charge < -0.3 is 0 Å². The summed E-state index contributed by atoms with van der Waals surface area (Å²) in [5.74, 6) is 0.431. The summed E-state index contributed by atoms with van der Waals surface area (Å²) in [5, 5.41) is 0. The molecule has 108 valence electrons. The maximum absolute atomic E-state index is 13.1. The van der Waals surface area contributed by atoms with Crippen molar-refractivity contribution in [2.75, 3.05) is 0 Å². The van der Waals surface area contributed by atoms with Crippen LogP contribution in [0.25, 0.3) is 0 Å². The number of carbonyl (C=O) groups is 2. The smallest absolute Gasteiger partial charge is 0.168 e. The molecule has 4 atom stereocenters. The highest BCUT2D eigenvalue weighted by molar-refractivity contribution is 6.17. The van der Waals surface area contributed by atoms with E-state index in [2.05, 4.69) is 26.0 Å². The number of Topliss-reactive ketones (excluding diaryl/α,β-unsaturated/α-hetero) is 2. The van der Waals surface area contributed by atoms with Gasteiger partial charge in [-0.05, 0) is 29.7 Å². The third kappa shape index (κ3) is 1.53. The Morgan fingerprint density at radius 1 is 1.24 bits per heavy atom. The van der Waals surface area contributed by atoms with Crippen LogP contribution in [-0.4, -0.2) is 11.6 Å². The van der Waals surface area contributed by atoms with E-state index in [9.17, 15) is 9.59 Å². The predicted molar refractivity (Wildman–Crippen MR) is 81.4 cm³/mol. The van der Waals surface area contributed by atoms with Gasteiger partial charge in [0.25, 0.3) is 0 Å². The van der Waals surface area contributed by atoms with Crippen molar-refractivity contribution in [1.29, 1.82) is 0 Å². The third-order valence-electron chi connectivity index (χ3n) is 5.70. The molecule has 0 amide bonds. The molecule has 4 unspecified atom stereocenters. The van der Waals surface area contributed by atoms with Crippen molar-refractivity contribution in [3.63, 3.8) is 0 Å². The van der Waals surface area contributed by atoms with Gasteiger partial charge in [-0.2, -0.15) is 0 Å². The van der Waals surface area contributed by atoms with Gasteiger partial charge in [0.1, 0.15) is 0 Å². The molecule has 0 N–H and O–H groups in total. The lowest BCUT2D eigenvalue weighted by atomic mass is 9.64. The zero-order chi connectivity index (χ0) is 14.8. The van der Waals surface area contributed by atoms with Crippen LogP contribution in [0.1, 0.15) is 53.0 Å². The Morgan fingerprint density at radius 2 is 2.05 bits per heavy atom. The maximum Gasteiger partial charge on any atom is 0.168 e. The van der Waals surface area contributed by atoms with Crippen LogP contribution in [0.2, 0.25) is 0 Å². The average Bonchev–Trinajstić information content (AvgIpc) is 2.98. The standard InChI is InChI=1S/C19H20O2/c1-3-5-11-6-4-7-13-14(11)18(21)15-12-8-9-19(2,10-12)16(15)17(13)20/h4,6-9,12,15-16H,3,5,10H2,1-2H3. The number of ketones is 2. The van der Waals surface area contributed by atoms with Crippen LogP contribution in [0.5, 0.6) is 0 Å². The van der Waals surface area contributed by atoms with Gasteiger partial charge in [-0.3, -0.25) is 9.59 Å². The number of hydrogen-bond donors (Lipinski definition) is 0. The molecule has 1 aromatic rings. The van der Waals surface area contributed by atoms with Crippen LogP contribution in [0.15, 0.2) is 30.4 Å². The molecular weight excluding hydrogens is 260 g/mol.